The molecule has 0 aliphatic heterocycles. The van der Waals surface area contributed by atoms with Crippen molar-refractivity contribution < 1.29 is 4.79 Å². The fraction of sp³-hybridized carbons (Fsp3) is 0.846. The third kappa shape index (κ3) is 3.18. The van der Waals surface area contributed by atoms with Crippen LogP contribution in [0.5, 0.6) is 0 Å². The molecule has 1 atom stereocenters. The number of amides is 1. The standard InChI is InChI=1S/C13H24N2OS/c1-9(2)10(3)15-12(16)13(11(14)17)7-5-4-6-8-13/h9-10H,4-8H2,1-3H3,(H2,14,17)(H,15,16). The predicted octanol–water partition coefficient (Wildman–Crippen LogP) is 2.38. The number of nitrogens with two attached hydrogens (primary N) is 1. The van der Waals surface area contributed by atoms with Crippen LogP contribution in [0.15, 0.2) is 0 Å². The van der Waals surface area contributed by atoms with Crippen molar-refractivity contribution in [1.82, 2.24) is 5.32 Å². The van der Waals surface area contributed by atoms with E-state index in [0.29, 0.717) is 10.9 Å². The van der Waals surface area contributed by atoms with Crippen LogP contribution < -0.4 is 11.1 Å². The minimum atomic E-state index is -0.587. The molecule has 1 rings (SSSR count). The molecule has 17 heavy (non-hydrogen) atoms. The highest BCUT2D eigenvalue weighted by atomic mass is 32.1. The molecule has 0 aromatic carbocycles. The van der Waals surface area contributed by atoms with Gasteiger partial charge in [-0.3, -0.25) is 4.79 Å². The third-order valence-corrected chi connectivity index (χ3v) is 4.36. The molecule has 1 fully saturated rings. The SMILES string of the molecule is CC(C)C(C)NC(=O)C1(C(N)=S)CCCCC1. The van der Waals surface area contributed by atoms with Crippen molar-refractivity contribution in [2.75, 3.05) is 0 Å². The predicted molar refractivity (Wildman–Crippen MR) is 74.7 cm³/mol. The molecule has 0 bridgehead atoms. The molecule has 1 aliphatic carbocycles. The molecule has 1 unspecified atom stereocenters. The molecule has 3 N–H and O–H groups in total. The zero-order valence-electron chi connectivity index (χ0n) is 11.1. The zero-order valence-corrected chi connectivity index (χ0v) is 11.9. The summed E-state index contributed by atoms with van der Waals surface area (Å²) in [5.41, 5.74) is 5.24. The van der Waals surface area contributed by atoms with Gasteiger partial charge in [0.1, 0.15) is 0 Å². The van der Waals surface area contributed by atoms with Gasteiger partial charge < -0.3 is 11.1 Å². The number of nitrogens with one attached hydrogen (secondary N) is 1. The van der Waals surface area contributed by atoms with Gasteiger partial charge in [0.05, 0.1) is 10.4 Å². The van der Waals surface area contributed by atoms with Crippen LogP contribution in [0.3, 0.4) is 0 Å². The number of hydrogen-bond acceptors (Lipinski definition) is 2. The maximum absolute atomic E-state index is 12.4. The Balaban J connectivity index is 2.77. The zero-order chi connectivity index (χ0) is 13.1. The van der Waals surface area contributed by atoms with Gasteiger partial charge in [0.2, 0.25) is 5.91 Å². The number of thiocarbonyl (C=S) groups is 1. The molecule has 4 heteroatoms. The van der Waals surface area contributed by atoms with Crippen LogP contribution in [0.1, 0.15) is 52.9 Å². The van der Waals surface area contributed by atoms with Gasteiger partial charge in [-0.05, 0) is 25.7 Å². The van der Waals surface area contributed by atoms with Crippen LogP contribution in [-0.4, -0.2) is 16.9 Å². The highest BCUT2D eigenvalue weighted by Crippen LogP contribution is 2.37. The van der Waals surface area contributed by atoms with E-state index in [4.69, 9.17) is 18.0 Å². The smallest absolute Gasteiger partial charge is 0.233 e. The van der Waals surface area contributed by atoms with E-state index in [0.717, 1.165) is 25.7 Å². The second kappa shape index (κ2) is 5.80. The molecule has 0 spiro atoms. The van der Waals surface area contributed by atoms with Gasteiger partial charge in [0.25, 0.3) is 0 Å². The van der Waals surface area contributed by atoms with E-state index in [1.54, 1.807) is 0 Å². The van der Waals surface area contributed by atoms with Gasteiger partial charge in [0, 0.05) is 6.04 Å². The molecule has 98 valence electrons. The largest absolute Gasteiger partial charge is 0.392 e. The fourth-order valence-corrected chi connectivity index (χ4v) is 2.55. The molecule has 0 aromatic rings. The van der Waals surface area contributed by atoms with Crippen molar-refractivity contribution in [2.24, 2.45) is 17.1 Å². The highest BCUT2D eigenvalue weighted by molar-refractivity contribution is 7.80. The van der Waals surface area contributed by atoms with E-state index in [-0.39, 0.29) is 11.9 Å². The Morgan fingerprint density at radius 1 is 1.24 bits per heavy atom. The maximum Gasteiger partial charge on any atom is 0.233 e. The van der Waals surface area contributed by atoms with Gasteiger partial charge in [-0.15, -0.1) is 0 Å². The first-order chi connectivity index (χ1) is 7.90. The van der Waals surface area contributed by atoms with Crippen LogP contribution in [-0.2, 0) is 4.79 Å². The molecular formula is C13H24N2OS. The summed E-state index contributed by atoms with van der Waals surface area (Å²) < 4.78 is 0. The molecular weight excluding hydrogens is 232 g/mol. The van der Waals surface area contributed by atoms with Gasteiger partial charge >= 0.3 is 0 Å². The van der Waals surface area contributed by atoms with Crippen molar-refractivity contribution in [3.05, 3.63) is 0 Å². The summed E-state index contributed by atoms with van der Waals surface area (Å²) in [6.07, 6.45) is 4.87. The summed E-state index contributed by atoms with van der Waals surface area (Å²) in [5.74, 6) is 0.455. The Labute approximate surface area is 110 Å². The van der Waals surface area contributed by atoms with E-state index < -0.39 is 5.41 Å². The van der Waals surface area contributed by atoms with Crippen molar-refractivity contribution in [2.45, 2.75) is 58.9 Å². The Bertz CT molecular complexity index is 296. The van der Waals surface area contributed by atoms with Crippen LogP contribution >= 0.6 is 12.2 Å². The molecule has 3 nitrogen and oxygen atoms in total. The van der Waals surface area contributed by atoms with Crippen LogP contribution in [0, 0.1) is 11.3 Å². The Hall–Kier alpha value is -0.640. The maximum atomic E-state index is 12.4. The van der Waals surface area contributed by atoms with E-state index in [1.165, 1.54) is 6.42 Å². The van der Waals surface area contributed by atoms with Crippen LogP contribution in [0.4, 0.5) is 0 Å². The quantitative estimate of drug-likeness (QED) is 0.759. The molecule has 0 saturated heterocycles. The van der Waals surface area contributed by atoms with E-state index in [9.17, 15) is 4.79 Å². The third-order valence-electron chi connectivity index (χ3n) is 3.97. The van der Waals surface area contributed by atoms with Crippen molar-refractivity contribution in [3.63, 3.8) is 0 Å². The average Bonchev–Trinajstić information content (AvgIpc) is 2.29. The van der Waals surface area contributed by atoms with E-state index >= 15 is 0 Å². The first-order valence-electron chi connectivity index (χ1n) is 6.51. The molecule has 1 saturated carbocycles. The van der Waals surface area contributed by atoms with Gasteiger partial charge in [-0.1, -0.05) is 45.3 Å². The summed E-state index contributed by atoms with van der Waals surface area (Å²) in [5, 5.41) is 3.06. The molecule has 1 amide bonds. The van der Waals surface area contributed by atoms with Crippen LogP contribution in [0.2, 0.25) is 0 Å². The summed E-state index contributed by atoms with van der Waals surface area (Å²) >= 11 is 5.14. The second-order valence-electron chi connectivity index (χ2n) is 5.51. The molecule has 0 heterocycles. The number of hydrogen-bond donors (Lipinski definition) is 2. The fourth-order valence-electron chi connectivity index (χ4n) is 2.25. The lowest BCUT2D eigenvalue weighted by Gasteiger charge is -2.36. The Morgan fingerprint density at radius 2 is 1.76 bits per heavy atom. The van der Waals surface area contributed by atoms with E-state index in [1.807, 2.05) is 6.92 Å². The molecule has 0 aromatic heterocycles. The summed E-state index contributed by atoms with van der Waals surface area (Å²) in [6.45, 7) is 6.22. The van der Waals surface area contributed by atoms with Crippen molar-refractivity contribution in [3.8, 4) is 0 Å². The normalized spacial score (nSPS) is 20.9. The molecule has 0 radical (unpaired) electrons. The van der Waals surface area contributed by atoms with Crippen LogP contribution in [0.25, 0.3) is 0 Å². The van der Waals surface area contributed by atoms with Gasteiger partial charge in [-0.2, -0.15) is 0 Å². The number of carbonyl (C=O) groups excluding carboxylic acids is 1. The lowest BCUT2D eigenvalue weighted by atomic mass is 9.73. The minimum absolute atomic E-state index is 0.0332. The topological polar surface area (TPSA) is 55.1 Å². The Morgan fingerprint density at radius 3 is 2.18 bits per heavy atom. The van der Waals surface area contributed by atoms with Gasteiger partial charge in [0.15, 0.2) is 0 Å². The monoisotopic (exact) mass is 256 g/mol. The summed E-state index contributed by atoms with van der Waals surface area (Å²) in [4.78, 5) is 12.8. The number of carbonyl (C=O) groups is 1. The molecule has 1 aliphatic rings. The minimum Gasteiger partial charge on any atom is -0.392 e. The lowest BCUT2D eigenvalue weighted by molar-refractivity contribution is -0.129. The first-order valence-corrected chi connectivity index (χ1v) is 6.92. The average molecular weight is 256 g/mol. The first kappa shape index (κ1) is 14.4. The second-order valence-corrected chi connectivity index (χ2v) is 5.95. The lowest BCUT2D eigenvalue weighted by Crippen LogP contribution is -2.52. The van der Waals surface area contributed by atoms with E-state index in [2.05, 4.69) is 19.2 Å². The number of rotatable bonds is 4. The van der Waals surface area contributed by atoms with Crippen molar-refractivity contribution >= 4 is 23.1 Å². The highest BCUT2D eigenvalue weighted by Gasteiger charge is 2.42. The summed E-state index contributed by atoms with van der Waals surface area (Å²) in [7, 11) is 0. The van der Waals surface area contributed by atoms with Gasteiger partial charge in [-0.25, -0.2) is 0 Å². The van der Waals surface area contributed by atoms with Crippen molar-refractivity contribution in [1.29, 1.82) is 0 Å². The summed E-state index contributed by atoms with van der Waals surface area (Å²) in [6, 6.07) is 0.163. The Kier molecular flexibility index (Phi) is 4.92.